The number of nitrogens with zero attached hydrogens (tertiary/aromatic N) is 4. The topological polar surface area (TPSA) is 51.6 Å². The zero-order valence-corrected chi connectivity index (χ0v) is 28.8. The van der Waals surface area contributed by atoms with Gasteiger partial charge in [0.15, 0.2) is 17.5 Å². The first-order chi connectivity index (χ1) is 24.6. The third-order valence-electron chi connectivity index (χ3n) is 8.73. The third kappa shape index (κ3) is 6.56. The molecule has 2 heterocycles. The molecule has 0 aliphatic carbocycles. The van der Waals surface area contributed by atoms with Gasteiger partial charge in [0.25, 0.3) is 0 Å². The van der Waals surface area contributed by atoms with Crippen LogP contribution >= 0.6 is 0 Å². The molecule has 0 radical (unpaired) electrons. The number of rotatable bonds is 6. The van der Waals surface area contributed by atoms with E-state index in [4.69, 9.17) is 19.9 Å². The Balaban J connectivity index is 0.00000193. The minimum Gasteiger partial charge on any atom is -0.248 e. The van der Waals surface area contributed by atoms with Crippen LogP contribution in [0.3, 0.4) is 0 Å². The second-order valence-electron chi connectivity index (χ2n) is 12.0. The minimum absolute atomic E-state index is 0.610. The molecule has 0 amide bonds. The molecule has 0 unspecified atom stereocenters. The molecule has 0 bridgehead atoms. The van der Waals surface area contributed by atoms with Crippen LogP contribution in [0, 0.1) is 6.92 Å². The van der Waals surface area contributed by atoms with E-state index >= 15 is 0 Å². The van der Waals surface area contributed by atoms with Crippen LogP contribution in [0.2, 0.25) is 0 Å². The highest BCUT2D eigenvalue weighted by Crippen LogP contribution is 2.35. The zero-order chi connectivity index (χ0) is 34.5. The van der Waals surface area contributed by atoms with Crippen molar-refractivity contribution in [3.05, 3.63) is 163 Å². The van der Waals surface area contributed by atoms with Crippen LogP contribution in [0.15, 0.2) is 152 Å². The van der Waals surface area contributed by atoms with Gasteiger partial charge in [0.05, 0.1) is 11.2 Å². The quantitative estimate of drug-likeness (QED) is 0.180. The summed E-state index contributed by atoms with van der Waals surface area (Å²) in [6.07, 6.45) is 4.29. The SMILES string of the molecule is C/C=C\c1c(C)ccc2cc(-c3cc(-c4ccc5ccccc5n4)cc(-c4nc(-c5ccccc5)nc(-c5ccccc5)n4)c3)ccc12.CC. The summed E-state index contributed by atoms with van der Waals surface area (Å²) in [5, 5.41) is 3.54. The average molecular weight is 647 g/mol. The van der Waals surface area contributed by atoms with Gasteiger partial charge in [-0.1, -0.05) is 135 Å². The second kappa shape index (κ2) is 14.5. The number of para-hydroxylation sites is 1. The van der Waals surface area contributed by atoms with Crippen molar-refractivity contribution in [3.63, 3.8) is 0 Å². The molecule has 0 spiro atoms. The van der Waals surface area contributed by atoms with E-state index in [9.17, 15) is 0 Å². The number of aryl methyl sites for hydroxylation is 1. The van der Waals surface area contributed by atoms with E-state index in [2.05, 4.69) is 98.8 Å². The van der Waals surface area contributed by atoms with Gasteiger partial charge in [-0.2, -0.15) is 0 Å². The summed E-state index contributed by atoms with van der Waals surface area (Å²) in [6.45, 7) is 8.23. The fourth-order valence-electron chi connectivity index (χ4n) is 6.27. The molecule has 2 aromatic heterocycles. The van der Waals surface area contributed by atoms with Crippen LogP contribution in [0.5, 0.6) is 0 Å². The van der Waals surface area contributed by atoms with Crippen LogP contribution in [0.25, 0.3) is 84.3 Å². The Hall–Kier alpha value is -6.26. The number of allylic oxidation sites excluding steroid dienone is 1. The van der Waals surface area contributed by atoms with E-state index in [1.807, 2.05) is 86.6 Å². The summed E-state index contributed by atoms with van der Waals surface area (Å²) in [6, 6.07) is 50.3. The standard InChI is InChI=1S/C44H32N4.C2H6/c1-3-12-38-29(2)19-20-34-25-33(21-23-39(34)38)35-26-36(41-24-22-30-13-10-11-18-40(30)45-41)28-37(27-35)44-47-42(31-14-6-4-7-15-31)46-43(48-44)32-16-8-5-9-17-32;1-2/h3-28H,1-2H3;1-2H3/b12-3-;. The second-order valence-corrected chi connectivity index (χ2v) is 12.0. The molecule has 0 aliphatic rings. The van der Waals surface area contributed by atoms with E-state index in [1.165, 1.54) is 21.9 Å². The molecule has 8 aromatic rings. The van der Waals surface area contributed by atoms with Crippen molar-refractivity contribution in [1.82, 2.24) is 19.9 Å². The maximum Gasteiger partial charge on any atom is 0.164 e. The van der Waals surface area contributed by atoms with Gasteiger partial charge in [0, 0.05) is 27.6 Å². The molecule has 0 aliphatic heterocycles. The van der Waals surface area contributed by atoms with Crippen LogP contribution < -0.4 is 0 Å². The summed E-state index contributed by atoms with van der Waals surface area (Å²) in [4.78, 5) is 20.1. The van der Waals surface area contributed by atoms with Gasteiger partial charge in [-0.25, -0.2) is 19.9 Å². The van der Waals surface area contributed by atoms with Gasteiger partial charge in [-0.05, 0) is 83.3 Å². The molecule has 4 nitrogen and oxygen atoms in total. The molecule has 8 rings (SSSR count). The molecule has 4 heteroatoms. The van der Waals surface area contributed by atoms with Crippen LogP contribution in [-0.2, 0) is 0 Å². The van der Waals surface area contributed by atoms with Gasteiger partial charge < -0.3 is 0 Å². The highest BCUT2D eigenvalue weighted by atomic mass is 15.0. The lowest BCUT2D eigenvalue weighted by Gasteiger charge is -2.13. The minimum atomic E-state index is 0.610. The average Bonchev–Trinajstić information content (AvgIpc) is 3.19. The lowest BCUT2D eigenvalue weighted by Crippen LogP contribution is -2.00. The summed E-state index contributed by atoms with van der Waals surface area (Å²) >= 11 is 0. The summed E-state index contributed by atoms with van der Waals surface area (Å²) in [5.74, 6) is 1.87. The highest BCUT2D eigenvalue weighted by Gasteiger charge is 2.16. The van der Waals surface area contributed by atoms with Crippen LogP contribution in [0.1, 0.15) is 31.9 Å². The Morgan fingerprint density at radius 2 is 1.02 bits per heavy atom. The van der Waals surface area contributed by atoms with Crippen molar-refractivity contribution in [3.8, 4) is 56.5 Å². The third-order valence-corrected chi connectivity index (χ3v) is 8.73. The molecule has 50 heavy (non-hydrogen) atoms. The van der Waals surface area contributed by atoms with Gasteiger partial charge in [-0.3, -0.25) is 0 Å². The summed E-state index contributed by atoms with van der Waals surface area (Å²) in [5.41, 5.74) is 10.3. The molecular formula is C46H38N4. The molecule has 0 saturated heterocycles. The van der Waals surface area contributed by atoms with Crippen molar-refractivity contribution in [1.29, 1.82) is 0 Å². The van der Waals surface area contributed by atoms with E-state index in [-0.39, 0.29) is 0 Å². The van der Waals surface area contributed by atoms with Crippen LogP contribution in [-0.4, -0.2) is 19.9 Å². The Morgan fingerprint density at radius 1 is 0.440 bits per heavy atom. The van der Waals surface area contributed by atoms with Crippen LogP contribution in [0.4, 0.5) is 0 Å². The van der Waals surface area contributed by atoms with Gasteiger partial charge in [0.2, 0.25) is 0 Å². The number of hydrogen-bond donors (Lipinski definition) is 0. The first-order valence-electron chi connectivity index (χ1n) is 17.2. The molecule has 0 atom stereocenters. The Kier molecular flexibility index (Phi) is 9.35. The van der Waals surface area contributed by atoms with E-state index in [1.54, 1.807) is 0 Å². The molecule has 6 aromatic carbocycles. The normalized spacial score (nSPS) is 11.1. The first kappa shape index (κ1) is 32.3. The fourth-order valence-corrected chi connectivity index (χ4v) is 6.27. The van der Waals surface area contributed by atoms with E-state index in [0.29, 0.717) is 17.5 Å². The summed E-state index contributed by atoms with van der Waals surface area (Å²) < 4.78 is 0. The van der Waals surface area contributed by atoms with Crippen molar-refractivity contribution < 1.29 is 0 Å². The maximum absolute atomic E-state index is 5.08. The van der Waals surface area contributed by atoms with Gasteiger partial charge >= 0.3 is 0 Å². The Bertz CT molecular complexity index is 2410. The van der Waals surface area contributed by atoms with Crippen molar-refractivity contribution in [2.24, 2.45) is 0 Å². The lowest BCUT2D eigenvalue weighted by atomic mass is 9.93. The Morgan fingerprint density at radius 3 is 1.70 bits per heavy atom. The predicted molar refractivity (Wildman–Crippen MR) is 211 cm³/mol. The van der Waals surface area contributed by atoms with Gasteiger partial charge in [-0.15, -0.1) is 0 Å². The molecule has 0 saturated carbocycles. The highest BCUT2D eigenvalue weighted by molar-refractivity contribution is 5.95. The van der Waals surface area contributed by atoms with Crippen molar-refractivity contribution in [2.45, 2.75) is 27.7 Å². The van der Waals surface area contributed by atoms with Crippen molar-refractivity contribution >= 4 is 27.8 Å². The zero-order valence-electron chi connectivity index (χ0n) is 28.8. The summed E-state index contributed by atoms with van der Waals surface area (Å²) in [7, 11) is 0. The predicted octanol–water partition coefficient (Wildman–Crippen LogP) is 12.3. The van der Waals surface area contributed by atoms with E-state index < -0.39 is 0 Å². The smallest absolute Gasteiger partial charge is 0.164 e. The molecule has 0 N–H and O–H groups in total. The number of pyridine rings is 1. The fraction of sp³-hybridized carbons (Fsp3) is 0.0870. The number of fused-ring (bicyclic) bond motifs is 2. The monoisotopic (exact) mass is 646 g/mol. The molecule has 242 valence electrons. The molecule has 0 fully saturated rings. The van der Waals surface area contributed by atoms with E-state index in [0.717, 1.165) is 50.0 Å². The molecular weight excluding hydrogens is 609 g/mol. The largest absolute Gasteiger partial charge is 0.248 e. The maximum atomic E-state index is 5.08. The first-order valence-corrected chi connectivity index (χ1v) is 17.2. The Labute approximate surface area is 293 Å². The van der Waals surface area contributed by atoms with Gasteiger partial charge in [0.1, 0.15) is 0 Å². The lowest BCUT2D eigenvalue weighted by molar-refractivity contribution is 1.07. The number of hydrogen-bond acceptors (Lipinski definition) is 4. The van der Waals surface area contributed by atoms with Crippen molar-refractivity contribution in [2.75, 3.05) is 0 Å². The number of benzene rings is 6. The number of aromatic nitrogens is 4.